The molecule has 2 aromatic rings. The summed E-state index contributed by atoms with van der Waals surface area (Å²) < 4.78 is 2.15. The average Bonchev–Trinajstić information content (AvgIpc) is 3.02. The Labute approximate surface area is 113 Å². The van der Waals surface area contributed by atoms with Crippen molar-refractivity contribution in [2.75, 3.05) is 5.73 Å². The number of nitrogen functional groups attached to an aromatic ring is 1. The van der Waals surface area contributed by atoms with E-state index in [9.17, 15) is 5.11 Å². The molecule has 0 spiro atoms. The van der Waals surface area contributed by atoms with Crippen molar-refractivity contribution in [2.45, 2.75) is 45.3 Å². The summed E-state index contributed by atoms with van der Waals surface area (Å²) in [5.74, 6) is 1.59. The molecule has 1 aromatic carbocycles. The molecule has 1 fully saturated rings. The molecular weight excluding hydrogens is 238 g/mol. The molecule has 1 saturated carbocycles. The first kappa shape index (κ1) is 12.5. The van der Waals surface area contributed by atoms with Gasteiger partial charge in [0.1, 0.15) is 12.4 Å². The van der Waals surface area contributed by atoms with E-state index in [0.717, 1.165) is 35.0 Å². The molecule has 1 aliphatic carbocycles. The first-order valence-corrected chi connectivity index (χ1v) is 7.13. The number of aliphatic hydroxyl groups is 1. The number of rotatable bonds is 4. The van der Waals surface area contributed by atoms with Crippen molar-refractivity contribution >= 4 is 16.7 Å². The van der Waals surface area contributed by atoms with Gasteiger partial charge >= 0.3 is 0 Å². The molecule has 4 nitrogen and oxygen atoms in total. The maximum absolute atomic E-state index is 9.47. The Morgan fingerprint density at radius 1 is 1.32 bits per heavy atom. The number of anilines is 1. The summed E-state index contributed by atoms with van der Waals surface area (Å²) in [4.78, 5) is 4.47. The summed E-state index contributed by atoms with van der Waals surface area (Å²) in [5.41, 5.74) is 8.47. The lowest BCUT2D eigenvalue weighted by Gasteiger charge is -2.12. The lowest BCUT2D eigenvalue weighted by atomic mass is 10.0. The van der Waals surface area contributed by atoms with Gasteiger partial charge < -0.3 is 15.4 Å². The Kier molecular flexibility index (Phi) is 3.42. The third kappa shape index (κ3) is 2.45. The van der Waals surface area contributed by atoms with E-state index in [1.807, 2.05) is 18.2 Å². The van der Waals surface area contributed by atoms with E-state index >= 15 is 0 Å². The minimum atomic E-state index is -0.0146. The van der Waals surface area contributed by atoms with E-state index in [0.29, 0.717) is 0 Å². The predicted octanol–water partition coefficient (Wildman–Crippen LogP) is 2.69. The molecule has 3 rings (SSSR count). The van der Waals surface area contributed by atoms with Gasteiger partial charge in [-0.2, -0.15) is 0 Å². The van der Waals surface area contributed by atoms with Crippen molar-refractivity contribution in [3.63, 3.8) is 0 Å². The van der Waals surface area contributed by atoms with Gasteiger partial charge in [0.2, 0.25) is 0 Å². The number of aliphatic hydroxyl groups excluding tert-OH is 1. The number of aromatic nitrogens is 2. The molecule has 0 saturated heterocycles. The normalized spacial score (nSPS) is 16.5. The van der Waals surface area contributed by atoms with Gasteiger partial charge in [-0.05, 0) is 30.5 Å². The summed E-state index contributed by atoms with van der Waals surface area (Å²) >= 11 is 0. The molecule has 102 valence electrons. The Hall–Kier alpha value is -1.55. The monoisotopic (exact) mass is 259 g/mol. The van der Waals surface area contributed by atoms with E-state index in [1.165, 1.54) is 32.1 Å². The van der Waals surface area contributed by atoms with E-state index < -0.39 is 0 Å². The molecule has 3 N–H and O–H groups in total. The molecular formula is C15H21N3O. The Balaban J connectivity index is 1.87. The average molecular weight is 259 g/mol. The van der Waals surface area contributed by atoms with Crippen LogP contribution in [0.1, 0.15) is 37.9 Å². The molecule has 1 heterocycles. The Morgan fingerprint density at radius 2 is 2.11 bits per heavy atom. The van der Waals surface area contributed by atoms with Crippen molar-refractivity contribution in [3.05, 3.63) is 24.0 Å². The number of aryl methyl sites for hydroxylation is 1. The highest BCUT2D eigenvalue weighted by Crippen LogP contribution is 2.29. The predicted molar refractivity (Wildman–Crippen MR) is 76.6 cm³/mol. The molecule has 1 aromatic heterocycles. The Bertz CT molecular complexity index is 570. The number of nitrogens with two attached hydrogens (primary N) is 1. The van der Waals surface area contributed by atoms with Crippen molar-refractivity contribution in [3.8, 4) is 0 Å². The van der Waals surface area contributed by atoms with Gasteiger partial charge in [0.15, 0.2) is 0 Å². The van der Waals surface area contributed by atoms with Crippen molar-refractivity contribution in [1.82, 2.24) is 9.55 Å². The van der Waals surface area contributed by atoms with E-state index in [2.05, 4.69) is 9.55 Å². The molecule has 19 heavy (non-hydrogen) atoms. The third-order valence-corrected chi connectivity index (χ3v) is 4.23. The first-order chi connectivity index (χ1) is 9.28. The zero-order valence-electron chi connectivity index (χ0n) is 11.2. The van der Waals surface area contributed by atoms with Crippen LogP contribution in [0.3, 0.4) is 0 Å². The van der Waals surface area contributed by atoms with Crippen LogP contribution in [0.2, 0.25) is 0 Å². The zero-order valence-corrected chi connectivity index (χ0v) is 11.2. The number of imidazole rings is 1. The molecule has 0 bridgehead atoms. The lowest BCUT2D eigenvalue weighted by molar-refractivity contribution is 0.264. The van der Waals surface area contributed by atoms with Gasteiger partial charge in [-0.1, -0.05) is 25.7 Å². The summed E-state index contributed by atoms with van der Waals surface area (Å²) in [7, 11) is 0. The van der Waals surface area contributed by atoms with Crippen LogP contribution in [0.4, 0.5) is 5.69 Å². The summed E-state index contributed by atoms with van der Waals surface area (Å²) in [5, 5.41) is 9.47. The molecule has 0 radical (unpaired) electrons. The fourth-order valence-corrected chi connectivity index (χ4v) is 3.18. The van der Waals surface area contributed by atoms with Crippen LogP contribution >= 0.6 is 0 Å². The van der Waals surface area contributed by atoms with Crippen LogP contribution in [0.5, 0.6) is 0 Å². The van der Waals surface area contributed by atoms with Gasteiger partial charge in [-0.3, -0.25) is 0 Å². The van der Waals surface area contributed by atoms with E-state index in [1.54, 1.807) is 0 Å². The third-order valence-electron chi connectivity index (χ3n) is 4.23. The van der Waals surface area contributed by atoms with Crippen LogP contribution in [0.25, 0.3) is 11.0 Å². The largest absolute Gasteiger partial charge is 0.399 e. The summed E-state index contributed by atoms with van der Waals surface area (Å²) in [6, 6.07) is 5.78. The second kappa shape index (κ2) is 5.21. The standard InChI is InChI=1S/C15H21N3O/c16-12-5-6-14-13(9-12)17-15(10-19)18(14)8-7-11-3-1-2-4-11/h5-6,9,11,19H,1-4,7-8,10,16H2. The van der Waals surface area contributed by atoms with Gasteiger partial charge in [0, 0.05) is 12.2 Å². The molecule has 0 amide bonds. The maximum atomic E-state index is 9.47. The smallest absolute Gasteiger partial charge is 0.135 e. The van der Waals surface area contributed by atoms with Crippen molar-refractivity contribution in [2.24, 2.45) is 5.92 Å². The molecule has 0 unspecified atom stereocenters. The maximum Gasteiger partial charge on any atom is 0.135 e. The summed E-state index contributed by atoms with van der Waals surface area (Å²) in [6.45, 7) is 0.931. The van der Waals surface area contributed by atoms with E-state index in [4.69, 9.17) is 5.73 Å². The second-order valence-corrected chi connectivity index (χ2v) is 5.53. The minimum absolute atomic E-state index is 0.0146. The van der Waals surface area contributed by atoms with Crippen LogP contribution in [0.15, 0.2) is 18.2 Å². The Morgan fingerprint density at radius 3 is 2.84 bits per heavy atom. The highest BCUT2D eigenvalue weighted by Gasteiger charge is 2.16. The number of hydrogen-bond donors (Lipinski definition) is 2. The van der Waals surface area contributed by atoms with Gasteiger partial charge in [-0.15, -0.1) is 0 Å². The van der Waals surface area contributed by atoms with E-state index in [-0.39, 0.29) is 6.61 Å². The molecule has 1 aliphatic rings. The van der Waals surface area contributed by atoms with Crippen LogP contribution in [-0.2, 0) is 13.2 Å². The first-order valence-electron chi connectivity index (χ1n) is 7.13. The SMILES string of the molecule is Nc1ccc2c(c1)nc(CO)n2CCC1CCCC1. The van der Waals surface area contributed by atoms with Crippen LogP contribution < -0.4 is 5.73 Å². The van der Waals surface area contributed by atoms with Gasteiger partial charge in [0.25, 0.3) is 0 Å². The number of benzene rings is 1. The zero-order chi connectivity index (χ0) is 13.2. The molecule has 0 aliphatic heterocycles. The van der Waals surface area contributed by atoms with Crippen LogP contribution in [0, 0.1) is 5.92 Å². The quantitative estimate of drug-likeness (QED) is 0.830. The molecule has 4 heteroatoms. The summed E-state index contributed by atoms with van der Waals surface area (Å²) in [6.07, 6.45) is 6.64. The highest BCUT2D eigenvalue weighted by atomic mass is 16.3. The molecule has 0 atom stereocenters. The minimum Gasteiger partial charge on any atom is -0.399 e. The van der Waals surface area contributed by atoms with Gasteiger partial charge in [0.05, 0.1) is 11.0 Å². The van der Waals surface area contributed by atoms with Crippen LogP contribution in [-0.4, -0.2) is 14.7 Å². The second-order valence-electron chi connectivity index (χ2n) is 5.53. The topological polar surface area (TPSA) is 64.1 Å². The lowest BCUT2D eigenvalue weighted by Crippen LogP contribution is -2.07. The highest BCUT2D eigenvalue weighted by molar-refractivity contribution is 5.79. The van der Waals surface area contributed by atoms with Crippen molar-refractivity contribution in [1.29, 1.82) is 0 Å². The number of hydrogen-bond acceptors (Lipinski definition) is 3. The number of fused-ring (bicyclic) bond motifs is 1. The number of nitrogens with zero attached hydrogens (tertiary/aromatic N) is 2. The van der Waals surface area contributed by atoms with Gasteiger partial charge in [-0.25, -0.2) is 4.98 Å². The fraction of sp³-hybridized carbons (Fsp3) is 0.533. The van der Waals surface area contributed by atoms with Crippen molar-refractivity contribution < 1.29 is 5.11 Å². The fourth-order valence-electron chi connectivity index (χ4n) is 3.18.